The Kier molecular flexibility index (Phi) is 4.18. The van der Waals surface area contributed by atoms with E-state index in [9.17, 15) is 4.79 Å². The van der Waals surface area contributed by atoms with Crippen LogP contribution in [0.15, 0.2) is 55.1 Å². The first-order valence-corrected chi connectivity index (χ1v) is 6.31. The zero-order valence-corrected chi connectivity index (χ0v) is 11.0. The SMILES string of the molecule is C=CC(=O)Oc1ccc(CC)n1Cc1ccccc1. The van der Waals surface area contributed by atoms with Gasteiger partial charge >= 0.3 is 5.97 Å². The van der Waals surface area contributed by atoms with Crippen molar-refractivity contribution >= 4 is 5.97 Å². The van der Waals surface area contributed by atoms with Crippen LogP contribution in [0.25, 0.3) is 0 Å². The molecule has 0 spiro atoms. The molecule has 0 aliphatic heterocycles. The predicted molar refractivity (Wildman–Crippen MR) is 75.2 cm³/mol. The number of hydrogen-bond donors (Lipinski definition) is 0. The highest BCUT2D eigenvalue weighted by Crippen LogP contribution is 2.20. The van der Waals surface area contributed by atoms with Gasteiger partial charge < -0.3 is 9.30 Å². The Morgan fingerprint density at radius 1 is 1.26 bits per heavy atom. The molecule has 2 aromatic rings. The Morgan fingerprint density at radius 3 is 2.63 bits per heavy atom. The molecule has 3 heteroatoms. The maximum absolute atomic E-state index is 11.3. The van der Waals surface area contributed by atoms with Crippen molar-refractivity contribution in [2.24, 2.45) is 0 Å². The van der Waals surface area contributed by atoms with Gasteiger partial charge in [0, 0.05) is 17.8 Å². The highest BCUT2D eigenvalue weighted by Gasteiger charge is 2.10. The van der Waals surface area contributed by atoms with Gasteiger partial charge in [0.15, 0.2) is 0 Å². The first kappa shape index (κ1) is 13.1. The van der Waals surface area contributed by atoms with Crippen LogP contribution in [0.2, 0.25) is 0 Å². The molecule has 1 aromatic heterocycles. The molecule has 0 radical (unpaired) electrons. The topological polar surface area (TPSA) is 31.2 Å². The molecule has 19 heavy (non-hydrogen) atoms. The van der Waals surface area contributed by atoms with Crippen molar-refractivity contribution in [3.8, 4) is 5.88 Å². The Labute approximate surface area is 113 Å². The minimum Gasteiger partial charge on any atom is -0.406 e. The van der Waals surface area contributed by atoms with Gasteiger partial charge in [-0.3, -0.25) is 0 Å². The van der Waals surface area contributed by atoms with E-state index in [0.717, 1.165) is 12.1 Å². The van der Waals surface area contributed by atoms with Crippen molar-refractivity contribution in [3.63, 3.8) is 0 Å². The van der Waals surface area contributed by atoms with Gasteiger partial charge in [0.25, 0.3) is 0 Å². The van der Waals surface area contributed by atoms with Gasteiger partial charge in [-0.15, -0.1) is 0 Å². The fraction of sp³-hybridized carbons (Fsp3) is 0.188. The first-order valence-electron chi connectivity index (χ1n) is 6.31. The lowest BCUT2D eigenvalue weighted by molar-refractivity contribution is -0.129. The average molecular weight is 255 g/mol. The van der Waals surface area contributed by atoms with E-state index in [4.69, 9.17) is 4.74 Å². The number of benzene rings is 1. The minimum atomic E-state index is -0.435. The van der Waals surface area contributed by atoms with E-state index in [1.165, 1.54) is 11.6 Å². The molecule has 0 saturated heterocycles. The number of carbonyl (C=O) groups excluding carboxylic acids is 1. The maximum atomic E-state index is 11.3. The fourth-order valence-corrected chi connectivity index (χ4v) is 1.98. The molecule has 1 aromatic carbocycles. The second-order valence-electron chi connectivity index (χ2n) is 4.21. The molecule has 0 aliphatic carbocycles. The minimum absolute atomic E-state index is 0.435. The van der Waals surface area contributed by atoms with Crippen LogP contribution in [-0.2, 0) is 17.8 Å². The summed E-state index contributed by atoms with van der Waals surface area (Å²) in [5.74, 6) is 0.126. The van der Waals surface area contributed by atoms with Gasteiger partial charge in [0.1, 0.15) is 0 Å². The number of esters is 1. The summed E-state index contributed by atoms with van der Waals surface area (Å²) in [6.45, 7) is 6.18. The van der Waals surface area contributed by atoms with Crippen molar-refractivity contribution in [2.45, 2.75) is 19.9 Å². The number of ether oxygens (including phenoxy) is 1. The summed E-state index contributed by atoms with van der Waals surface area (Å²) < 4.78 is 7.27. The third kappa shape index (κ3) is 3.13. The van der Waals surface area contributed by atoms with Crippen LogP contribution in [0.4, 0.5) is 0 Å². The van der Waals surface area contributed by atoms with Gasteiger partial charge in [-0.05, 0) is 18.1 Å². The van der Waals surface area contributed by atoms with Crippen LogP contribution in [0.3, 0.4) is 0 Å². The number of carbonyl (C=O) groups is 1. The standard InChI is InChI=1S/C16H17NO2/c1-3-14-10-11-15(19-16(18)4-2)17(14)12-13-8-6-5-7-9-13/h4-11H,2-3,12H2,1H3. The van der Waals surface area contributed by atoms with Crippen molar-refractivity contribution in [2.75, 3.05) is 0 Å². The molecule has 0 unspecified atom stereocenters. The summed E-state index contributed by atoms with van der Waals surface area (Å²) in [7, 11) is 0. The zero-order chi connectivity index (χ0) is 13.7. The van der Waals surface area contributed by atoms with Crippen molar-refractivity contribution in [1.29, 1.82) is 0 Å². The lowest BCUT2D eigenvalue weighted by atomic mass is 10.2. The van der Waals surface area contributed by atoms with E-state index in [1.54, 1.807) is 0 Å². The third-order valence-electron chi connectivity index (χ3n) is 2.95. The van der Waals surface area contributed by atoms with Crippen LogP contribution in [0.5, 0.6) is 5.88 Å². The van der Waals surface area contributed by atoms with E-state index < -0.39 is 5.97 Å². The molecule has 3 nitrogen and oxygen atoms in total. The number of aryl methyl sites for hydroxylation is 1. The Balaban J connectivity index is 2.28. The molecule has 0 aliphatic rings. The molecule has 0 bridgehead atoms. The normalized spacial score (nSPS) is 10.2. The lowest BCUT2D eigenvalue weighted by Gasteiger charge is -2.12. The smallest absolute Gasteiger partial charge is 0.336 e. The second-order valence-corrected chi connectivity index (χ2v) is 4.21. The van der Waals surface area contributed by atoms with Crippen molar-refractivity contribution in [1.82, 2.24) is 4.57 Å². The fourth-order valence-electron chi connectivity index (χ4n) is 1.98. The molecule has 98 valence electrons. The molecule has 0 atom stereocenters. The van der Waals surface area contributed by atoms with Gasteiger partial charge in [0.2, 0.25) is 5.88 Å². The summed E-state index contributed by atoms with van der Waals surface area (Å²) in [5, 5.41) is 0. The predicted octanol–water partition coefficient (Wildman–Crippen LogP) is 3.19. The van der Waals surface area contributed by atoms with Crippen LogP contribution >= 0.6 is 0 Å². The monoisotopic (exact) mass is 255 g/mol. The van der Waals surface area contributed by atoms with E-state index >= 15 is 0 Å². The summed E-state index contributed by atoms with van der Waals surface area (Å²) >= 11 is 0. The van der Waals surface area contributed by atoms with E-state index in [2.05, 4.69) is 25.6 Å². The Bertz CT molecular complexity index is 570. The molecule has 0 fully saturated rings. The van der Waals surface area contributed by atoms with Crippen LogP contribution < -0.4 is 4.74 Å². The number of aromatic nitrogens is 1. The van der Waals surface area contributed by atoms with Crippen molar-refractivity contribution in [3.05, 3.63) is 66.4 Å². The molecule has 0 amide bonds. The largest absolute Gasteiger partial charge is 0.406 e. The number of hydrogen-bond acceptors (Lipinski definition) is 2. The summed E-state index contributed by atoms with van der Waals surface area (Å²) in [6, 6.07) is 13.9. The maximum Gasteiger partial charge on any atom is 0.336 e. The van der Waals surface area contributed by atoms with Gasteiger partial charge in [-0.2, -0.15) is 0 Å². The average Bonchev–Trinajstić information content (AvgIpc) is 2.82. The van der Waals surface area contributed by atoms with Crippen LogP contribution in [0.1, 0.15) is 18.2 Å². The zero-order valence-electron chi connectivity index (χ0n) is 11.0. The van der Waals surface area contributed by atoms with Gasteiger partial charge in [0.05, 0.1) is 6.54 Å². The van der Waals surface area contributed by atoms with E-state index in [0.29, 0.717) is 12.4 Å². The summed E-state index contributed by atoms with van der Waals surface area (Å²) in [5.41, 5.74) is 2.31. The van der Waals surface area contributed by atoms with Crippen LogP contribution in [-0.4, -0.2) is 10.5 Å². The summed E-state index contributed by atoms with van der Waals surface area (Å²) in [4.78, 5) is 11.3. The second kappa shape index (κ2) is 6.05. The Hall–Kier alpha value is -2.29. The lowest BCUT2D eigenvalue weighted by Crippen LogP contribution is -2.11. The first-order chi connectivity index (χ1) is 9.24. The van der Waals surface area contributed by atoms with E-state index in [1.807, 2.05) is 34.9 Å². The molecule has 1 heterocycles. The molecule has 0 N–H and O–H groups in total. The third-order valence-corrected chi connectivity index (χ3v) is 2.95. The molecular formula is C16H17NO2. The number of nitrogens with zero attached hydrogens (tertiary/aromatic N) is 1. The molecule has 0 saturated carbocycles. The van der Waals surface area contributed by atoms with Gasteiger partial charge in [-0.1, -0.05) is 43.8 Å². The van der Waals surface area contributed by atoms with Gasteiger partial charge in [-0.25, -0.2) is 4.79 Å². The molecule has 2 rings (SSSR count). The quantitative estimate of drug-likeness (QED) is 0.607. The molecular weight excluding hydrogens is 238 g/mol. The highest BCUT2D eigenvalue weighted by atomic mass is 16.5. The van der Waals surface area contributed by atoms with E-state index in [-0.39, 0.29) is 0 Å². The number of rotatable bonds is 5. The summed E-state index contributed by atoms with van der Waals surface area (Å²) in [6.07, 6.45) is 2.06. The highest BCUT2D eigenvalue weighted by molar-refractivity contribution is 5.83. The Morgan fingerprint density at radius 2 is 2.00 bits per heavy atom. The van der Waals surface area contributed by atoms with Crippen molar-refractivity contribution < 1.29 is 9.53 Å². The van der Waals surface area contributed by atoms with Crippen LogP contribution in [0, 0.1) is 0 Å².